The standard InChI is InChI=1S/C13H16N2O4/c1-13(2)8-15(5-6-19-13)11(16)9-3-4-14-10(7-9)12(17)18/h3-4,7H,5-6,8H2,1-2H3,(H,17,18). The van der Waals surface area contributed by atoms with Gasteiger partial charge in [0.15, 0.2) is 0 Å². The van der Waals surface area contributed by atoms with Crippen LogP contribution in [0.4, 0.5) is 0 Å². The summed E-state index contributed by atoms with van der Waals surface area (Å²) in [6.07, 6.45) is 1.34. The fourth-order valence-corrected chi connectivity index (χ4v) is 2.05. The third kappa shape index (κ3) is 3.08. The summed E-state index contributed by atoms with van der Waals surface area (Å²) in [5, 5.41) is 8.88. The zero-order valence-electron chi connectivity index (χ0n) is 10.9. The summed E-state index contributed by atoms with van der Waals surface area (Å²) in [7, 11) is 0. The first-order chi connectivity index (χ1) is 8.89. The van der Waals surface area contributed by atoms with E-state index in [1.807, 2.05) is 13.8 Å². The highest BCUT2D eigenvalue weighted by Gasteiger charge is 2.30. The van der Waals surface area contributed by atoms with Crippen LogP contribution in [0, 0.1) is 0 Å². The molecule has 102 valence electrons. The smallest absolute Gasteiger partial charge is 0.354 e. The quantitative estimate of drug-likeness (QED) is 0.863. The lowest BCUT2D eigenvalue weighted by Crippen LogP contribution is -2.50. The summed E-state index contributed by atoms with van der Waals surface area (Å²) in [5.74, 6) is -1.33. The lowest BCUT2D eigenvalue weighted by molar-refractivity contribution is -0.0764. The van der Waals surface area contributed by atoms with Gasteiger partial charge in [-0.25, -0.2) is 9.78 Å². The Morgan fingerprint density at radius 3 is 2.84 bits per heavy atom. The lowest BCUT2D eigenvalue weighted by atomic mass is 10.1. The van der Waals surface area contributed by atoms with Crippen LogP contribution < -0.4 is 0 Å². The zero-order chi connectivity index (χ0) is 14.0. The minimum atomic E-state index is -1.14. The van der Waals surface area contributed by atoms with E-state index in [-0.39, 0.29) is 17.2 Å². The number of amides is 1. The van der Waals surface area contributed by atoms with Crippen LogP contribution in [0.2, 0.25) is 0 Å². The van der Waals surface area contributed by atoms with Crippen molar-refractivity contribution >= 4 is 11.9 Å². The normalized spacial score (nSPS) is 18.1. The molecule has 1 N–H and O–H groups in total. The molecule has 0 bridgehead atoms. The van der Waals surface area contributed by atoms with Crippen molar-refractivity contribution in [1.82, 2.24) is 9.88 Å². The van der Waals surface area contributed by atoms with Gasteiger partial charge in [0.25, 0.3) is 5.91 Å². The van der Waals surface area contributed by atoms with Crippen molar-refractivity contribution in [1.29, 1.82) is 0 Å². The van der Waals surface area contributed by atoms with E-state index in [0.29, 0.717) is 25.3 Å². The predicted octanol–water partition coefficient (Wildman–Crippen LogP) is 1.03. The van der Waals surface area contributed by atoms with Crippen molar-refractivity contribution < 1.29 is 19.4 Å². The number of pyridine rings is 1. The van der Waals surface area contributed by atoms with Gasteiger partial charge in [0.2, 0.25) is 0 Å². The Kier molecular flexibility index (Phi) is 3.53. The molecule has 1 aliphatic rings. The summed E-state index contributed by atoms with van der Waals surface area (Å²) in [4.78, 5) is 28.5. The predicted molar refractivity (Wildman–Crippen MR) is 67.1 cm³/mol. The Hall–Kier alpha value is -1.95. The highest BCUT2D eigenvalue weighted by molar-refractivity contribution is 5.96. The Balaban J connectivity index is 2.19. The Morgan fingerprint density at radius 2 is 2.21 bits per heavy atom. The molecule has 6 heteroatoms. The van der Waals surface area contributed by atoms with E-state index in [1.54, 1.807) is 4.90 Å². The highest BCUT2D eigenvalue weighted by Crippen LogP contribution is 2.18. The van der Waals surface area contributed by atoms with Crippen molar-refractivity contribution in [3.05, 3.63) is 29.6 Å². The first kappa shape index (κ1) is 13.5. The van der Waals surface area contributed by atoms with Gasteiger partial charge in [-0.05, 0) is 26.0 Å². The van der Waals surface area contributed by atoms with Gasteiger partial charge < -0.3 is 14.7 Å². The van der Waals surface area contributed by atoms with Crippen LogP contribution in [0.25, 0.3) is 0 Å². The molecule has 1 aliphatic heterocycles. The molecule has 0 aromatic carbocycles. The molecule has 1 aromatic heterocycles. The summed E-state index contributed by atoms with van der Waals surface area (Å²) in [5.41, 5.74) is -0.167. The van der Waals surface area contributed by atoms with Crippen LogP contribution in [0.15, 0.2) is 18.3 Å². The van der Waals surface area contributed by atoms with Gasteiger partial charge in [0.1, 0.15) is 5.69 Å². The molecule has 0 unspecified atom stereocenters. The van der Waals surface area contributed by atoms with Crippen LogP contribution in [0.5, 0.6) is 0 Å². The minimum absolute atomic E-state index is 0.127. The van der Waals surface area contributed by atoms with E-state index in [4.69, 9.17) is 9.84 Å². The van der Waals surface area contributed by atoms with Gasteiger partial charge >= 0.3 is 5.97 Å². The molecule has 2 rings (SSSR count). The van der Waals surface area contributed by atoms with E-state index < -0.39 is 5.97 Å². The van der Waals surface area contributed by atoms with Crippen molar-refractivity contribution in [3.63, 3.8) is 0 Å². The molecule has 0 aliphatic carbocycles. The van der Waals surface area contributed by atoms with Gasteiger partial charge in [-0.2, -0.15) is 0 Å². The van der Waals surface area contributed by atoms with Gasteiger partial charge in [0.05, 0.1) is 12.2 Å². The van der Waals surface area contributed by atoms with E-state index in [2.05, 4.69) is 4.98 Å². The average Bonchev–Trinajstić information content (AvgIpc) is 2.37. The maximum atomic E-state index is 12.3. The van der Waals surface area contributed by atoms with Gasteiger partial charge in [-0.15, -0.1) is 0 Å². The van der Waals surface area contributed by atoms with Crippen molar-refractivity contribution in [2.75, 3.05) is 19.7 Å². The van der Waals surface area contributed by atoms with E-state index >= 15 is 0 Å². The number of nitrogens with zero attached hydrogens (tertiary/aromatic N) is 2. The number of rotatable bonds is 2. The van der Waals surface area contributed by atoms with Crippen molar-refractivity contribution in [2.24, 2.45) is 0 Å². The van der Waals surface area contributed by atoms with Gasteiger partial charge in [0, 0.05) is 24.8 Å². The molecular weight excluding hydrogens is 248 g/mol. The average molecular weight is 264 g/mol. The number of morpholine rings is 1. The number of aromatic nitrogens is 1. The molecule has 6 nitrogen and oxygen atoms in total. The maximum Gasteiger partial charge on any atom is 0.354 e. The molecule has 0 spiro atoms. The Bertz CT molecular complexity index is 513. The van der Waals surface area contributed by atoms with Gasteiger partial charge in [-0.3, -0.25) is 4.79 Å². The number of hydrogen-bond acceptors (Lipinski definition) is 4. The number of hydrogen-bond donors (Lipinski definition) is 1. The monoisotopic (exact) mass is 264 g/mol. The van der Waals surface area contributed by atoms with E-state index in [1.165, 1.54) is 18.3 Å². The molecule has 1 saturated heterocycles. The third-order valence-corrected chi connectivity index (χ3v) is 2.94. The van der Waals surface area contributed by atoms with Crippen LogP contribution in [-0.2, 0) is 4.74 Å². The molecule has 0 atom stereocenters. The molecule has 0 saturated carbocycles. The second-order valence-electron chi connectivity index (χ2n) is 5.07. The second kappa shape index (κ2) is 4.97. The Labute approximate surface area is 111 Å². The Morgan fingerprint density at radius 1 is 1.47 bits per heavy atom. The number of carbonyl (C=O) groups excluding carboxylic acids is 1. The molecule has 19 heavy (non-hydrogen) atoms. The van der Waals surface area contributed by atoms with E-state index in [9.17, 15) is 9.59 Å². The molecular formula is C13H16N2O4. The molecule has 0 radical (unpaired) electrons. The van der Waals surface area contributed by atoms with Crippen LogP contribution in [0.3, 0.4) is 0 Å². The second-order valence-corrected chi connectivity index (χ2v) is 5.07. The lowest BCUT2D eigenvalue weighted by Gasteiger charge is -2.38. The number of carboxylic acid groups (broad SMARTS) is 1. The minimum Gasteiger partial charge on any atom is -0.477 e. The number of ether oxygens (including phenoxy) is 1. The van der Waals surface area contributed by atoms with Crippen molar-refractivity contribution in [3.8, 4) is 0 Å². The summed E-state index contributed by atoms with van der Waals surface area (Å²) < 4.78 is 5.54. The molecule has 1 amide bonds. The summed E-state index contributed by atoms with van der Waals surface area (Å²) in [6.45, 7) is 5.31. The molecule has 1 aromatic rings. The molecule has 2 heterocycles. The first-order valence-corrected chi connectivity index (χ1v) is 6.02. The largest absolute Gasteiger partial charge is 0.477 e. The number of carbonyl (C=O) groups is 2. The fraction of sp³-hybridized carbons (Fsp3) is 0.462. The van der Waals surface area contributed by atoms with Crippen LogP contribution in [0.1, 0.15) is 34.7 Å². The zero-order valence-corrected chi connectivity index (χ0v) is 10.9. The van der Waals surface area contributed by atoms with Crippen LogP contribution >= 0.6 is 0 Å². The third-order valence-electron chi connectivity index (χ3n) is 2.94. The first-order valence-electron chi connectivity index (χ1n) is 6.02. The van der Waals surface area contributed by atoms with E-state index in [0.717, 1.165) is 0 Å². The topological polar surface area (TPSA) is 79.7 Å². The SMILES string of the molecule is CC1(C)CN(C(=O)c2ccnc(C(=O)O)c2)CCO1. The van der Waals surface area contributed by atoms with Crippen LogP contribution in [-0.4, -0.2) is 52.2 Å². The highest BCUT2D eigenvalue weighted by atomic mass is 16.5. The summed E-state index contributed by atoms with van der Waals surface area (Å²) in [6, 6.07) is 2.82. The number of aromatic carboxylic acids is 1. The summed E-state index contributed by atoms with van der Waals surface area (Å²) >= 11 is 0. The fourth-order valence-electron chi connectivity index (χ4n) is 2.05. The maximum absolute atomic E-state index is 12.3. The van der Waals surface area contributed by atoms with Gasteiger partial charge in [-0.1, -0.05) is 0 Å². The van der Waals surface area contributed by atoms with Crippen molar-refractivity contribution in [2.45, 2.75) is 19.4 Å². The molecule has 1 fully saturated rings. The number of carboxylic acids is 1.